The first-order valence-corrected chi connectivity index (χ1v) is 11.8. The van der Waals surface area contributed by atoms with Gasteiger partial charge >= 0.3 is 5.97 Å². The fourth-order valence-corrected chi connectivity index (χ4v) is 4.84. The average molecular weight is 457 g/mol. The Labute approximate surface area is 193 Å². The molecule has 1 saturated heterocycles. The van der Waals surface area contributed by atoms with E-state index in [1.807, 2.05) is 24.0 Å². The minimum absolute atomic E-state index is 0.0499. The Bertz CT molecular complexity index is 954. The summed E-state index contributed by atoms with van der Waals surface area (Å²) in [5.74, 6) is 0.223. The molecular formula is C24H32N4O5. The molecule has 3 aliphatic rings. The highest BCUT2D eigenvalue weighted by molar-refractivity contribution is 6.06. The number of carboxylic acids is 1. The van der Waals surface area contributed by atoms with Gasteiger partial charge in [0.15, 0.2) is 0 Å². The Hall–Kier alpha value is -3.10. The van der Waals surface area contributed by atoms with Crippen molar-refractivity contribution in [2.75, 3.05) is 19.7 Å². The van der Waals surface area contributed by atoms with Crippen LogP contribution in [0.5, 0.6) is 5.75 Å². The van der Waals surface area contributed by atoms with E-state index in [4.69, 9.17) is 9.84 Å². The van der Waals surface area contributed by atoms with Crippen LogP contribution in [0.25, 0.3) is 0 Å². The minimum atomic E-state index is -0.950. The highest BCUT2D eigenvalue weighted by Gasteiger charge is 2.31. The average Bonchev–Trinajstić information content (AvgIpc) is 3.43. The SMILES string of the molecule is Cc1ccc(OCCCCCC(=O)N(CC(=O)O)C2CCCC2)c2c1CN1CC(=O)NC1=N2. The molecule has 0 radical (unpaired) electrons. The van der Waals surface area contributed by atoms with Crippen LogP contribution in [0.3, 0.4) is 0 Å². The summed E-state index contributed by atoms with van der Waals surface area (Å²) >= 11 is 0. The topological polar surface area (TPSA) is 112 Å². The number of aliphatic carboxylic acids is 1. The van der Waals surface area contributed by atoms with Crippen LogP contribution in [0.2, 0.25) is 0 Å². The Morgan fingerprint density at radius 1 is 1.21 bits per heavy atom. The summed E-state index contributed by atoms with van der Waals surface area (Å²) in [6, 6.07) is 4.00. The lowest BCUT2D eigenvalue weighted by Gasteiger charge is -2.27. The van der Waals surface area contributed by atoms with Crippen molar-refractivity contribution in [3.05, 3.63) is 23.3 Å². The number of benzene rings is 1. The van der Waals surface area contributed by atoms with E-state index in [-0.39, 0.29) is 24.4 Å². The zero-order valence-electron chi connectivity index (χ0n) is 19.1. The maximum Gasteiger partial charge on any atom is 0.323 e. The standard InChI is InChI=1S/C24H32N4O5/c1-16-10-11-19(23-18(16)13-27-14-20(29)25-24(27)26-23)33-12-6-2-3-9-21(30)28(15-22(31)32)17-7-4-5-8-17/h10-11,17H,2-9,12-15H2,1H3,(H,31,32)(H,25,26,29). The summed E-state index contributed by atoms with van der Waals surface area (Å²) in [4.78, 5) is 43.6. The number of aliphatic imine (C=N–C) groups is 1. The number of nitrogens with zero attached hydrogens (tertiary/aromatic N) is 3. The highest BCUT2D eigenvalue weighted by atomic mass is 16.5. The number of unbranched alkanes of at least 4 members (excludes halogenated alkanes) is 2. The molecule has 178 valence electrons. The minimum Gasteiger partial charge on any atom is -0.491 e. The summed E-state index contributed by atoms with van der Waals surface area (Å²) in [5, 5.41) is 12.0. The van der Waals surface area contributed by atoms with Gasteiger partial charge in [0.25, 0.3) is 0 Å². The van der Waals surface area contributed by atoms with Gasteiger partial charge in [-0.1, -0.05) is 18.9 Å². The van der Waals surface area contributed by atoms with Gasteiger partial charge in [0.1, 0.15) is 24.5 Å². The van der Waals surface area contributed by atoms with Gasteiger partial charge in [0.05, 0.1) is 6.61 Å². The largest absolute Gasteiger partial charge is 0.491 e. The molecule has 33 heavy (non-hydrogen) atoms. The molecule has 2 N–H and O–H groups in total. The second-order valence-electron chi connectivity index (χ2n) is 9.06. The van der Waals surface area contributed by atoms with Crippen molar-refractivity contribution < 1.29 is 24.2 Å². The number of rotatable bonds is 10. The van der Waals surface area contributed by atoms with Gasteiger partial charge in [-0.05, 0) is 50.7 Å². The van der Waals surface area contributed by atoms with Crippen LogP contribution in [-0.2, 0) is 20.9 Å². The van der Waals surface area contributed by atoms with Crippen molar-refractivity contribution in [3.63, 3.8) is 0 Å². The van der Waals surface area contributed by atoms with Crippen LogP contribution >= 0.6 is 0 Å². The quantitative estimate of drug-likeness (QED) is 0.524. The monoisotopic (exact) mass is 456 g/mol. The van der Waals surface area contributed by atoms with Crippen LogP contribution < -0.4 is 10.1 Å². The summed E-state index contributed by atoms with van der Waals surface area (Å²) < 4.78 is 6.01. The van der Waals surface area contributed by atoms with Crippen LogP contribution in [0.4, 0.5) is 5.69 Å². The van der Waals surface area contributed by atoms with Gasteiger partial charge in [-0.25, -0.2) is 4.99 Å². The molecule has 1 saturated carbocycles. The lowest BCUT2D eigenvalue weighted by molar-refractivity contribution is -0.146. The zero-order valence-corrected chi connectivity index (χ0v) is 19.1. The van der Waals surface area contributed by atoms with Gasteiger partial charge in [-0.15, -0.1) is 0 Å². The van der Waals surface area contributed by atoms with E-state index >= 15 is 0 Å². The molecule has 2 fully saturated rings. The first-order valence-electron chi connectivity index (χ1n) is 11.8. The summed E-state index contributed by atoms with van der Waals surface area (Å²) in [7, 11) is 0. The third-order valence-electron chi connectivity index (χ3n) is 6.62. The van der Waals surface area contributed by atoms with Crippen molar-refractivity contribution in [1.29, 1.82) is 0 Å². The normalized spacial score (nSPS) is 17.3. The summed E-state index contributed by atoms with van der Waals surface area (Å²) in [6.45, 7) is 3.29. The first kappa shape index (κ1) is 23.1. The van der Waals surface area contributed by atoms with Gasteiger partial charge in [0, 0.05) is 24.6 Å². The number of fused-ring (bicyclic) bond motifs is 2. The molecular weight excluding hydrogens is 424 g/mol. The molecule has 1 aliphatic carbocycles. The first-order chi connectivity index (χ1) is 15.9. The number of carbonyl (C=O) groups excluding carboxylic acids is 2. The molecule has 1 aromatic rings. The smallest absolute Gasteiger partial charge is 0.323 e. The van der Waals surface area contributed by atoms with E-state index < -0.39 is 5.97 Å². The Kier molecular flexibility index (Phi) is 7.15. The van der Waals surface area contributed by atoms with Crippen LogP contribution in [-0.4, -0.2) is 64.4 Å². The van der Waals surface area contributed by atoms with Gasteiger partial charge in [-0.2, -0.15) is 0 Å². The van der Waals surface area contributed by atoms with Crippen molar-refractivity contribution in [2.45, 2.75) is 70.9 Å². The third-order valence-corrected chi connectivity index (χ3v) is 6.62. The zero-order chi connectivity index (χ0) is 23.4. The highest BCUT2D eigenvalue weighted by Crippen LogP contribution is 2.38. The van der Waals surface area contributed by atoms with Crippen LogP contribution in [0.15, 0.2) is 17.1 Å². The fraction of sp³-hybridized carbons (Fsp3) is 0.583. The second-order valence-corrected chi connectivity index (χ2v) is 9.06. The lowest BCUT2D eigenvalue weighted by atomic mass is 10.0. The molecule has 9 heteroatoms. The van der Waals surface area contributed by atoms with Crippen molar-refractivity contribution in [1.82, 2.24) is 15.1 Å². The number of nitrogens with one attached hydrogen (secondary N) is 1. The molecule has 0 unspecified atom stereocenters. The van der Waals surface area contributed by atoms with Gasteiger partial charge in [-0.3, -0.25) is 19.7 Å². The maximum atomic E-state index is 12.6. The number of aryl methyl sites for hydroxylation is 1. The van der Waals surface area contributed by atoms with Crippen molar-refractivity contribution in [3.8, 4) is 5.75 Å². The molecule has 1 aromatic carbocycles. The molecule has 2 heterocycles. The summed E-state index contributed by atoms with van der Waals surface area (Å²) in [6.07, 6.45) is 6.61. The molecule has 2 amide bonds. The number of hydrogen-bond acceptors (Lipinski definition) is 6. The van der Waals surface area contributed by atoms with E-state index in [0.29, 0.717) is 44.2 Å². The second kappa shape index (κ2) is 10.2. The van der Waals surface area contributed by atoms with Gasteiger partial charge < -0.3 is 19.6 Å². The van der Waals surface area contributed by atoms with E-state index in [1.165, 1.54) is 0 Å². The molecule has 0 aromatic heterocycles. The van der Waals surface area contributed by atoms with Crippen molar-refractivity contribution in [2.24, 2.45) is 4.99 Å². The summed E-state index contributed by atoms with van der Waals surface area (Å²) in [5.41, 5.74) is 2.97. The number of amides is 2. The maximum absolute atomic E-state index is 12.6. The molecule has 2 aliphatic heterocycles. The molecule has 0 bridgehead atoms. The molecule has 4 rings (SSSR count). The van der Waals surface area contributed by atoms with Gasteiger partial charge in [0.2, 0.25) is 17.8 Å². The number of hydrogen-bond donors (Lipinski definition) is 2. The van der Waals surface area contributed by atoms with E-state index in [9.17, 15) is 14.4 Å². The van der Waals surface area contributed by atoms with Crippen LogP contribution in [0, 0.1) is 6.92 Å². The number of guanidine groups is 1. The van der Waals surface area contributed by atoms with Crippen LogP contribution in [0.1, 0.15) is 62.5 Å². The lowest BCUT2D eigenvalue weighted by Crippen LogP contribution is -2.42. The Balaban J connectivity index is 1.25. The number of ether oxygens (including phenoxy) is 1. The molecule has 9 nitrogen and oxygen atoms in total. The predicted octanol–water partition coefficient (Wildman–Crippen LogP) is 2.72. The Morgan fingerprint density at radius 3 is 2.76 bits per heavy atom. The molecule has 0 spiro atoms. The number of carbonyl (C=O) groups is 3. The Morgan fingerprint density at radius 2 is 2.00 bits per heavy atom. The third kappa shape index (κ3) is 5.46. The van der Waals surface area contributed by atoms with E-state index in [2.05, 4.69) is 10.3 Å². The molecule has 0 atom stereocenters. The predicted molar refractivity (Wildman–Crippen MR) is 122 cm³/mol. The number of carboxylic acid groups (broad SMARTS) is 1. The van der Waals surface area contributed by atoms with E-state index in [0.717, 1.165) is 55.3 Å². The van der Waals surface area contributed by atoms with Crippen molar-refractivity contribution >= 4 is 29.4 Å². The fourth-order valence-electron chi connectivity index (χ4n) is 4.84. The van der Waals surface area contributed by atoms with E-state index in [1.54, 1.807) is 4.90 Å².